The summed E-state index contributed by atoms with van der Waals surface area (Å²) in [6, 6.07) is 2.09. The summed E-state index contributed by atoms with van der Waals surface area (Å²) in [4.78, 5) is 22.5. The molecule has 0 bridgehead atoms. The molecule has 0 spiro atoms. The van der Waals surface area contributed by atoms with E-state index in [1.807, 2.05) is 4.68 Å². The summed E-state index contributed by atoms with van der Waals surface area (Å²) in [7, 11) is 0. The number of aliphatic carboxylic acids is 1. The fourth-order valence-electron chi connectivity index (χ4n) is 2.63. The Hall–Kier alpha value is -1.85. The number of nitrogens with zero attached hydrogens (tertiary/aromatic N) is 2. The van der Waals surface area contributed by atoms with Gasteiger partial charge >= 0.3 is 5.97 Å². The second-order valence-electron chi connectivity index (χ2n) is 5.21. The van der Waals surface area contributed by atoms with Crippen LogP contribution in [0.4, 0.5) is 0 Å². The monoisotopic (exact) mass is 279 g/mol. The molecule has 1 aromatic rings. The van der Waals surface area contributed by atoms with Crippen molar-refractivity contribution in [2.24, 2.45) is 0 Å². The first-order chi connectivity index (χ1) is 9.68. The lowest BCUT2D eigenvalue weighted by Crippen LogP contribution is -2.28. The van der Waals surface area contributed by atoms with Crippen LogP contribution in [0.15, 0.2) is 12.3 Å². The van der Waals surface area contributed by atoms with Gasteiger partial charge < -0.3 is 10.4 Å². The second-order valence-corrected chi connectivity index (χ2v) is 5.21. The molecular formula is C14H21N3O3. The third-order valence-electron chi connectivity index (χ3n) is 3.68. The van der Waals surface area contributed by atoms with Crippen molar-refractivity contribution in [1.29, 1.82) is 0 Å². The Bertz CT molecular complexity index is 464. The van der Waals surface area contributed by atoms with Gasteiger partial charge in [0, 0.05) is 19.2 Å². The molecule has 1 aromatic heterocycles. The van der Waals surface area contributed by atoms with Crippen molar-refractivity contribution in [3.05, 3.63) is 18.0 Å². The zero-order valence-electron chi connectivity index (χ0n) is 11.5. The van der Waals surface area contributed by atoms with E-state index in [0.717, 1.165) is 12.8 Å². The number of carboxylic acids is 1. The van der Waals surface area contributed by atoms with E-state index < -0.39 is 5.97 Å². The molecule has 110 valence electrons. The maximum atomic E-state index is 12.1. The lowest BCUT2D eigenvalue weighted by Gasteiger charge is -2.13. The van der Waals surface area contributed by atoms with Crippen LogP contribution in [-0.2, 0) is 4.79 Å². The van der Waals surface area contributed by atoms with Gasteiger partial charge in [-0.05, 0) is 31.7 Å². The Morgan fingerprint density at radius 3 is 2.80 bits per heavy atom. The lowest BCUT2D eigenvalue weighted by molar-refractivity contribution is -0.137. The topological polar surface area (TPSA) is 84.2 Å². The molecule has 1 aliphatic rings. The molecule has 2 N–H and O–H groups in total. The van der Waals surface area contributed by atoms with Crippen LogP contribution in [0.3, 0.4) is 0 Å². The predicted octanol–water partition coefficient (Wildman–Crippen LogP) is 1.98. The highest BCUT2D eigenvalue weighted by Gasteiger charge is 2.22. The number of carboxylic acid groups (broad SMARTS) is 1. The molecule has 1 heterocycles. The van der Waals surface area contributed by atoms with E-state index in [1.165, 1.54) is 12.8 Å². The lowest BCUT2D eigenvalue weighted by atomic mass is 10.2. The van der Waals surface area contributed by atoms with E-state index in [-0.39, 0.29) is 12.3 Å². The maximum Gasteiger partial charge on any atom is 0.303 e. The number of amides is 1. The second kappa shape index (κ2) is 7.07. The van der Waals surface area contributed by atoms with Crippen LogP contribution < -0.4 is 5.32 Å². The number of hydrogen-bond donors (Lipinski definition) is 2. The first kappa shape index (κ1) is 14.6. The van der Waals surface area contributed by atoms with E-state index in [9.17, 15) is 9.59 Å². The summed E-state index contributed by atoms with van der Waals surface area (Å²) in [5.41, 5.74) is 0.607. The Balaban J connectivity index is 1.80. The molecule has 6 heteroatoms. The highest BCUT2D eigenvalue weighted by molar-refractivity contribution is 5.92. The van der Waals surface area contributed by atoms with Gasteiger partial charge in [-0.2, -0.15) is 5.10 Å². The van der Waals surface area contributed by atoms with Crippen LogP contribution in [0, 0.1) is 0 Å². The first-order valence-corrected chi connectivity index (χ1v) is 7.22. The normalized spacial score (nSPS) is 15.4. The van der Waals surface area contributed by atoms with Crippen molar-refractivity contribution in [3.8, 4) is 0 Å². The average molecular weight is 279 g/mol. The smallest absolute Gasteiger partial charge is 0.303 e. The summed E-state index contributed by atoms with van der Waals surface area (Å²) in [6.07, 6.45) is 7.63. The largest absolute Gasteiger partial charge is 0.481 e. The minimum Gasteiger partial charge on any atom is -0.481 e. The molecule has 0 unspecified atom stereocenters. The van der Waals surface area contributed by atoms with E-state index in [1.54, 1.807) is 12.3 Å². The Morgan fingerprint density at radius 2 is 2.10 bits per heavy atom. The first-order valence-electron chi connectivity index (χ1n) is 7.22. The minimum absolute atomic E-state index is 0.121. The van der Waals surface area contributed by atoms with Gasteiger partial charge in [0.15, 0.2) is 0 Å². The minimum atomic E-state index is -0.796. The predicted molar refractivity (Wildman–Crippen MR) is 73.6 cm³/mol. The van der Waals surface area contributed by atoms with Crippen LogP contribution in [0.25, 0.3) is 0 Å². The van der Waals surface area contributed by atoms with Crippen molar-refractivity contribution < 1.29 is 14.7 Å². The SMILES string of the molecule is O=C(O)CCCCNC(=O)c1ccnn1C1CCCC1. The molecule has 1 saturated carbocycles. The molecule has 1 fully saturated rings. The molecule has 0 aliphatic heterocycles. The van der Waals surface area contributed by atoms with Gasteiger partial charge in [-0.3, -0.25) is 14.3 Å². The summed E-state index contributed by atoms with van der Waals surface area (Å²) in [5, 5.41) is 15.6. The summed E-state index contributed by atoms with van der Waals surface area (Å²) < 4.78 is 1.83. The van der Waals surface area contributed by atoms with Crippen LogP contribution >= 0.6 is 0 Å². The van der Waals surface area contributed by atoms with Gasteiger partial charge in [0.05, 0.1) is 6.04 Å². The highest BCUT2D eigenvalue weighted by Crippen LogP contribution is 2.29. The van der Waals surface area contributed by atoms with Gasteiger partial charge in [-0.15, -0.1) is 0 Å². The van der Waals surface area contributed by atoms with Crippen molar-refractivity contribution in [2.75, 3.05) is 6.54 Å². The Kier molecular flexibility index (Phi) is 5.15. The van der Waals surface area contributed by atoms with Crippen molar-refractivity contribution in [3.63, 3.8) is 0 Å². The number of carbonyl (C=O) groups is 2. The van der Waals surface area contributed by atoms with Crippen molar-refractivity contribution in [2.45, 2.75) is 51.0 Å². The molecule has 6 nitrogen and oxygen atoms in total. The molecule has 0 atom stereocenters. The fraction of sp³-hybridized carbons (Fsp3) is 0.643. The van der Waals surface area contributed by atoms with Gasteiger partial charge in [-0.1, -0.05) is 12.8 Å². The maximum absolute atomic E-state index is 12.1. The quantitative estimate of drug-likeness (QED) is 0.747. The van der Waals surface area contributed by atoms with Crippen LogP contribution in [0.2, 0.25) is 0 Å². The molecule has 1 aliphatic carbocycles. The Morgan fingerprint density at radius 1 is 1.35 bits per heavy atom. The number of unbranched alkanes of at least 4 members (excludes halogenated alkanes) is 1. The molecule has 2 rings (SSSR count). The van der Waals surface area contributed by atoms with Crippen molar-refractivity contribution in [1.82, 2.24) is 15.1 Å². The van der Waals surface area contributed by atoms with Gasteiger partial charge in [0.25, 0.3) is 5.91 Å². The van der Waals surface area contributed by atoms with E-state index in [4.69, 9.17) is 5.11 Å². The van der Waals surface area contributed by atoms with Gasteiger partial charge in [0.1, 0.15) is 5.69 Å². The number of carbonyl (C=O) groups excluding carboxylic acids is 1. The van der Waals surface area contributed by atoms with E-state index >= 15 is 0 Å². The third kappa shape index (κ3) is 3.82. The summed E-state index contributed by atoms with van der Waals surface area (Å²) >= 11 is 0. The van der Waals surface area contributed by atoms with Crippen LogP contribution in [0.5, 0.6) is 0 Å². The van der Waals surface area contributed by atoms with Crippen molar-refractivity contribution >= 4 is 11.9 Å². The molecular weight excluding hydrogens is 258 g/mol. The van der Waals surface area contributed by atoms with Gasteiger partial charge in [-0.25, -0.2) is 0 Å². The highest BCUT2D eigenvalue weighted by atomic mass is 16.4. The summed E-state index contributed by atoms with van der Waals surface area (Å²) in [6.45, 7) is 0.502. The standard InChI is InChI=1S/C14H21N3O3/c18-13(19)7-3-4-9-15-14(20)12-8-10-16-17(12)11-5-1-2-6-11/h8,10-11H,1-7,9H2,(H,15,20)(H,18,19). The van der Waals surface area contributed by atoms with E-state index in [0.29, 0.717) is 31.1 Å². The number of nitrogens with one attached hydrogen (secondary N) is 1. The summed E-state index contributed by atoms with van der Waals surface area (Å²) in [5.74, 6) is -0.916. The molecule has 0 saturated heterocycles. The third-order valence-corrected chi connectivity index (χ3v) is 3.68. The molecule has 0 aromatic carbocycles. The van der Waals surface area contributed by atoms with Crippen LogP contribution in [-0.4, -0.2) is 33.3 Å². The molecule has 0 radical (unpaired) electrons. The fourth-order valence-corrected chi connectivity index (χ4v) is 2.63. The van der Waals surface area contributed by atoms with Gasteiger partial charge in [0.2, 0.25) is 0 Å². The Labute approximate surface area is 118 Å². The zero-order valence-corrected chi connectivity index (χ0v) is 11.5. The number of hydrogen-bond acceptors (Lipinski definition) is 3. The molecule has 1 amide bonds. The van der Waals surface area contributed by atoms with Crippen LogP contribution in [0.1, 0.15) is 61.5 Å². The average Bonchev–Trinajstić information content (AvgIpc) is 3.08. The zero-order chi connectivity index (χ0) is 14.4. The number of aromatic nitrogens is 2. The molecule has 20 heavy (non-hydrogen) atoms. The van der Waals surface area contributed by atoms with E-state index in [2.05, 4.69) is 10.4 Å². The number of rotatable bonds is 7.